The molecule has 136 valence electrons. The monoisotopic (exact) mass is 358 g/mol. The molecule has 1 fully saturated rings. The van der Waals surface area contributed by atoms with Crippen LogP contribution in [-0.2, 0) is 11.3 Å². The van der Waals surface area contributed by atoms with Gasteiger partial charge in [-0.15, -0.1) is 0 Å². The minimum absolute atomic E-state index is 0.00517. The molecule has 2 aromatic carbocycles. The van der Waals surface area contributed by atoms with Gasteiger partial charge < -0.3 is 10.2 Å². The maximum absolute atomic E-state index is 12.4. The number of nitrogens with one attached hydrogen (secondary N) is 1. The molecule has 1 aromatic heterocycles. The first kappa shape index (κ1) is 17.2. The summed E-state index contributed by atoms with van der Waals surface area (Å²) >= 11 is 0. The molecule has 1 amide bonds. The van der Waals surface area contributed by atoms with Crippen LogP contribution < -0.4 is 10.2 Å². The summed E-state index contributed by atoms with van der Waals surface area (Å²) < 4.78 is 0. The SMILES string of the molecule is Cc1ccc(CNC(=O)C2CN(c3cc(-c4ccccc4)ncn3)C2)cc1. The second-order valence-corrected chi connectivity index (χ2v) is 6.93. The van der Waals surface area contributed by atoms with Crippen molar-refractivity contribution in [1.82, 2.24) is 15.3 Å². The first-order valence-corrected chi connectivity index (χ1v) is 9.15. The standard InChI is InChI=1S/C22H22N4O/c1-16-7-9-17(10-8-16)12-23-22(27)19-13-26(14-19)21-11-20(24-15-25-21)18-5-3-2-4-6-18/h2-11,15,19H,12-14H2,1H3,(H,23,27). The van der Waals surface area contributed by atoms with Gasteiger partial charge in [0.25, 0.3) is 0 Å². The molecule has 1 saturated heterocycles. The van der Waals surface area contributed by atoms with Crippen molar-refractivity contribution in [3.8, 4) is 11.3 Å². The maximum atomic E-state index is 12.4. The number of aryl methyl sites for hydroxylation is 1. The zero-order valence-electron chi connectivity index (χ0n) is 15.3. The summed E-state index contributed by atoms with van der Waals surface area (Å²) in [5.41, 5.74) is 4.30. The summed E-state index contributed by atoms with van der Waals surface area (Å²) in [5.74, 6) is 0.973. The third kappa shape index (κ3) is 3.97. The molecule has 0 spiro atoms. The molecule has 27 heavy (non-hydrogen) atoms. The number of amides is 1. The van der Waals surface area contributed by atoms with Crippen molar-refractivity contribution in [3.05, 3.63) is 78.1 Å². The van der Waals surface area contributed by atoms with E-state index in [1.165, 1.54) is 5.56 Å². The molecule has 1 aliphatic rings. The van der Waals surface area contributed by atoms with Crippen LogP contribution in [0.1, 0.15) is 11.1 Å². The van der Waals surface area contributed by atoms with Gasteiger partial charge in [-0.05, 0) is 12.5 Å². The Kier molecular flexibility index (Phi) is 4.83. The van der Waals surface area contributed by atoms with E-state index in [-0.39, 0.29) is 11.8 Å². The van der Waals surface area contributed by atoms with Crippen molar-refractivity contribution in [3.63, 3.8) is 0 Å². The predicted octanol–water partition coefficient (Wildman–Crippen LogP) is 3.20. The van der Waals surface area contributed by atoms with Crippen molar-refractivity contribution in [2.24, 2.45) is 5.92 Å². The topological polar surface area (TPSA) is 58.1 Å². The normalized spacial score (nSPS) is 13.9. The molecule has 1 N–H and O–H groups in total. The predicted molar refractivity (Wildman–Crippen MR) is 106 cm³/mol. The fourth-order valence-electron chi connectivity index (χ4n) is 3.16. The molecular formula is C22H22N4O. The smallest absolute Gasteiger partial charge is 0.226 e. The Morgan fingerprint density at radius 3 is 2.56 bits per heavy atom. The fourth-order valence-corrected chi connectivity index (χ4v) is 3.16. The zero-order chi connectivity index (χ0) is 18.6. The average Bonchev–Trinajstić information content (AvgIpc) is 2.67. The highest BCUT2D eigenvalue weighted by Crippen LogP contribution is 2.26. The maximum Gasteiger partial charge on any atom is 0.226 e. The average molecular weight is 358 g/mol. The van der Waals surface area contributed by atoms with Gasteiger partial charge in [0.15, 0.2) is 0 Å². The van der Waals surface area contributed by atoms with Crippen LogP contribution in [0.2, 0.25) is 0 Å². The number of carbonyl (C=O) groups excluding carboxylic acids is 1. The second-order valence-electron chi connectivity index (χ2n) is 6.93. The third-order valence-corrected chi connectivity index (χ3v) is 4.89. The van der Waals surface area contributed by atoms with E-state index in [0.717, 1.165) is 22.6 Å². The summed E-state index contributed by atoms with van der Waals surface area (Å²) in [6.07, 6.45) is 1.59. The number of carbonyl (C=O) groups is 1. The lowest BCUT2D eigenvalue weighted by atomic mass is 9.99. The van der Waals surface area contributed by atoms with Crippen molar-refractivity contribution in [2.45, 2.75) is 13.5 Å². The summed E-state index contributed by atoms with van der Waals surface area (Å²) in [7, 11) is 0. The lowest BCUT2D eigenvalue weighted by molar-refractivity contribution is -0.125. The zero-order valence-corrected chi connectivity index (χ0v) is 15.3. The Bertz CT molecular complexity index is 919. The van der Waals surface area contributed by atoms with E-state index in [2.05, 4.69) is 51.4 Å². The Morgan fingerprint density at radius 1 is 1.07 bits per heavy atom. The third-order valence-electron chi connectivity index (χ3n) is 4.89. The minimum atomic E-state index is 0.00517. The van der Waals surface area contributed by atoms with Crippen molar-refractivity contribution < 1.29 is 4.79 Å². The van der Waals surface area contributed by atoms with E-state index in [1.54, 1.807) is 6.33 Å². The van der Waals surface area contributed by atoms with Crippen LogP contribution in [0.5, 0.6) is 0 Å². The van der Waals surface area contributed by atoms with E-state index in [0.29, 0.717) is 19.6 Å². The van der Waals surface area contributed by atoms with Crippen LogP contribution in [0, 0.1) is 12.8 Å². The van der Waals surface area contributed by atoms with Crippen LogP contribution in [0.15, 0.2) is 67.0 Å². The quantitative estimate of drug-likeness (QED) is 0.761. The van der Waals surface area contributed by atoms with Crippen LogP contribution >= 0.6 is 0 Å². The van der Waals surface area contributed by atoms with Gasteiger partial charge in [-0.2, -0.15) is 0 Å². The fraction of sp³-hybridized carbons (Fsp3) is 0.227. The van der Waals surface area contributed by atoms with E-state index < -0.39 is 0 Å². The molecule has 2 heterocycles. The minimum Gasteiger partial charge on any atom is -0.355 e. The first-order chi connectivity index (χ1) is 13.2. The molecule has 0 unspecified atom stereocenters. The van der Waals surface area contributed by atoms with Crippen molar-refractivity contribution in [2.75, 3.05) is 18.0 Å². The molecule has 0 aliphatic carbocycles. The number of rotatable bonds is 5. The van der Waals surface area contributed by atoms with E-state index >= 15 is 0 Å². The number of aromatic nitrogens is 2. The molecular weight excluding hydrogens is 336 g/mol. The second kappa shape index (κ2) is 7.58. The molecule has 5 heteroatoms. The Balaban J connectivity index is 1.32. The van der Waals surface area contributed by atoms with Crippen molar-refractivity contribution in [1.29, 1.82) is 0 Å². The van der Waals surface area contributed by atoms with Gasteiger partial charge in [0, 0.05) is 31.3 Å². The number of benzene rings is 2. The van der Waals surface area contributed by atoms with Crippen LogP contribution in [0.4, 0.5) is 5.82 Å². The summed E-state index contributed by atoms with van der Waals surface area (Å²) in [5, 5.41) is 3.03. The molecule has 0 bridgehead atoms. The van der Waals surface area contributed by atoms with E-state index in [1.807, 2.05) is 36.4 Å². The van der Waals surface area contributed by atoms with E-state index in [4.69, 9.17) is 0 Å². The lowest BCUT2D eigenvalue weighted by Crippen LogP contribution is -2.54. The molecule has 0 radical (unpaired) electrons. The molecule has 5 nitrogen and oxygen atoms in total. The van der Waals surface area contributed by atoms with Crippen molar-refractivity contribution >= 4 is 11.7 Å². The van der Waals surface area contributed by atoms with Crippen LogP contribution in [0.25, 0.3) is 11.3 Å². The van der Waals surface area contributed by atoms with Crippen LogP contribution in [-0.4, -0.2) is 29.0 Å². The van der Waals surface area contributed by atoms with Gasteiger partial charge in [-0.3, -0.25) is 4.79 Å². The Morgan fingerprint density at radius 2 is 1.81 bits per heavy atom. The highest BCUT2D eigenvalue weighted by atomic mass is 16.2. The molecule has 0 atom stereocenters. The molecule has 3 aromatic rings. The summed E-state index contributed by atoms with van der Waals surface area (Å²) in [6, 6.07) is 20.2. The van der Waals surface area contributed by atoms with Gasteiger partial charge in [-0.1, -0.05) is 60.2 Å². The first-order valence-electron chi connectivity index (χ1n) is 9.15. The largest absolute Gasteiger partial charge is 0.355 e. The highest BCUT2D eigenvalue weighted by Gasteiger charge is 2.33. The summed E-state index contributed by atoms with van der Waals surface area (Å²) in [4.78, 5) is 23.2. The Labute approximate surface area is 159 Å². The number of hydrogen-bond donors (Lipinski definition) is 1. The molecule has 4 rings (SSSR count). The van der Waals surface area contributed by atoms with Gasteiger partial charge in [0.05, 0.1) is 11.6 Å². The molecule has 0 saturated carbocycles. The van der Waals surface area contributed by atoms with E-state index in [9.17, 15) is 4.79 Å². The number of hydrogen-bond acceptors (Lipinski definition) is 4. The number of nitrogens with zero attached hydrogens (tertiary/aromatic N) is 3. The van der Waals surface area contributed by atoms with Crippen LogP contribution in [0.3, 0.4) is 0 Å². The summed E-state index contributed by atoms with van der Waals surface area (Å²) in [6.45, 7) is 4.00. The van der Waals surface area contributed by atoms with Gasteiger partial charge in [0.1, 0.15) is 12.1 Å². The number of anilines is 1. The lowest BCUT2D eigenvalue weighted by Gasteiger charge is -2.39. The van der Waals surface area contributed by atoms with Gasteiger partial charge in [0.2, 0.25) is 5.91 Å². The van der Waals surface area contributed by atoms with Gasteiger partial charge >= 0.3 is 0 Å². The molecule has 1 aliphatic heterocycles. The highest BCUT2D eigenvalue weighted by molar-refractivity contribution is 5.82. The van der Waals surface area contributed by atoms with Gasteiger partial charge in [-0.25, -0.2) is 9.97 Å². The Hall–Kier alpha value is -3.21.